The molecule has 4 heteroatoms. The number of thiophene rings is 1. The van der Waals surface area contributed by atoms with Crippen LogP contribution in [-0.4, -0.2) is 17.4 Å². The van der Waals surface area contributed by atoms with Crippen LogP contribution >= 0.6 is 11.3 Å². The van der Waals surface area contributed by atoms with Crippen molar-refractivity contribution in [3.8, 4) is 10.4 Å². The zero-order valence-corrected chi connectivity index (χ0v) is 16.4. The number of hydrogen-bond acceptors (Lipinski definition) is 3. The summed E-state index contributed by atoms with van der Waals surface area (Å²) in [4.78, 5) is 18.8. The summed E-state index contributed by atoms with van der Waals surface area (Å²) in [5.41, 5.74) is 5.06. The predicted molar refractivity (Wildman–Crippen MR) is 113 cm³/mol. The van der Waals surface area contributed by atoms with Gasteiger partial charge >= 0.3 is 0 Å². The van der Waals surface area contributed by atoms with E-state index in [9.17, 15) is 4.79 Å². The maximum absolute atomic E-state index is 12.9. The number of rotatable bonds is 5. The molecule has 0 saturated heterocycles. The number of aryl methyl sites for hydroxylation is 1. The van der Waals surface area contributed by atoms with E-state index in [1.807, 2.05) is 31.2 Å². The third-order valence-electron chi connectivity index (χ3n) is 5.12. The van der Waals surface area contributed by atoms with Gasteiger partial charge < -0.3 is 5.32 Å². The van der Waals surface area contributed by atoms with E-state index in [1.54, 1.807) is 11.3 Å². The highest BCUT2D eigenvalue weighted by Gasteiger charge is 2.15. The van der Waals surface area contributed by atoms with Crippen LogP contribution in [0.3, 0.4) is 0 Å². The lowest BCUT2D eigenvalue weighted by atomic mass is 9.97. The molecule has 0 radical (unpaired) electrons. The maximum atomic E-state index is 12.9. The van der Waals surface area contributed by atoms with Gasteiger partial charge in [-0.1, -0.05) is 35.9 Å². The normalized spacial score (nSPS) is 14.2. The zero-order chi connectivity index (χ0) is 18.6. The lowest BCUT2D eigenvalue weighted by molar-refractivity contribution is 0.0955. The van der Waals surface area contributed by atoms with E-state index in [-0.39, 0.29) is 5.91 Å². The standard InChI is InChI=1S/C23H24N2OS/c1-16-15-20(23(26)24-13-12-17-7-3-2-4-8-17)18-9-5-10-19(22(18)25-16)21-11-6-14-27-21/h5-7,9-11,14-15H,2-4,8,12-13H2,1H3,(H,24,26). The van der Waals surface area contributed by atoms with E-state index < -0.39 is 0 Å². The number of amides is 1. The number of pyridine rings is 1. The molecule has 27 heavy (non-hydrogen) atoms. The van der Waals surface area contributed by atoms with E-state index in [0.717, 1.165) is 28.6 Å². The number of aromatic nitrogens is 1. The molecule has 0 unspecified atom stereocenters. The number of benzene rings is 1. The number of hydrogen-bond donors (Lipinski definition) is 1. The van der Waals surface area contributed by atoms with Crippen molar-refractivity contribution in [1.29, 1.82) is 0 Å². The van der Waals surface area contributed by atoms with Crippen LogP contribution in [0.25, 0.3) is 21.3 Å². The minimum absolute atomic E-state index is 0.00904. The van der Waals surface area contributed by atoms with Crippen LogP contribution in [0.15, 0.2) is 53.4 Å². The summed E-state index contributed by atoms with van der Waals surface area (Å²) in [6.07, 6.45) is 8.23. The van der Waals surface area contributed by atoms with Gasteiger partial charge in [0.05, 0.1) is 11.1 Å². The van der Waals surface area contributed by atoms with E-state index in [0.29, 0.717) is 12.1 Å². The maximum Gasteiger partial charge on any atom is 0.252 e. The Labute approximate surface area is 164 Å². The average molecular weight is 377 g/mol. The van der Waals surface area contributed by atoms with Crippen LogP contribution in [0.5, 0.6) is 0 Å². The Morgan fingerprint density at radius 3 is 2.93 bits per heavy atom. The van der Waals surface area contributed by atoms with E-state index in [4.69, 9.17) is 4.98 Å². The Hall–Kier alpha value is -2.46. The highest BCUT2D eigenvalue weighted by atomic mass is 32.1. The summed E-state index contributed by atoms with van der Waals surface area (Å²) in [6, 6.07) is 12.1. The molecule has 0 fully saturated rings. The van der Waals surface area contributed by atoms with Gasteiger partial charge in [0.1, 0.15) is 0 Å². The van der Waals surface area contributed by atoms with Crippen molar-refractivity contribution in [2.45, 2.75) is 39.0 Å². The second-order valence-electron chi connectivity index (χ2n) is 7.10. The molecule has 0 bridgehead atoms. The SMILES string of the molecule is Cc1cc(C(=O)NCCC2=CCCCC2)c2cccc(-c3cccs3)c2n1. The first-order valence-corrected chi connectivity index (χ1v) is 10.5. The van der Waals surface area contributed by atoms with Crippen molar-refractivity contribution in [2.75, 3.05) is 6.54 Å². The molecule has 1 amide bonds. The predicted octanol–water partition coefficient (Wildman–Crippen LogP) is 5.89. The summed E-state index contributed by atoms with van der Waals surface area (Å²) in [5.74, 6) is -0.00904. The van der Waals surface area contributed by atoms with Crippen molar-refractivity contribution >= 4 is 28.1 Å². The fourth-order valence-corrected chi connectivity index (χ4v) is 4.51. The van der Waals surface area contributed by atoms with E-state index in [1.165, 1.54) is 36.1 Å². The molecule has 1 N–H and O–H groups in total. The van der Waals surface area contributed by atoms with Gasteiger partial charge in [-0.05, 0) is 56.5 Å². The summed E-state index contributed by atoms with van der Waals surface area (Å²) in [6.45, 7) is 2.65. The van der Waals surface area contributed by atoms with Gasteiger partial charge in [-0.15, -0.1) is 11.3 Å². The van der Waals surface area contributed by atoms with Gasteiger partial charge in [-0.3, -0.25) is 9.78 Å². The van der Waals surface area contributed by atoms with Crippen LogP contribution in [0, 0.1) is 6.92 Å². The molecule has 0 atom stereocenters. The molecule has 0 aliphatic heterocycles. The number of fused-ring (bicyclic) bond motifs is 1. The first kappa shape index (κ1) is 17.9. The molecule has 4 rings (SSSR count). The third-order valence-corrected chi connectivity index (χ3v) is 6.02. The molecular formula is C23H24N2OS. The number of allylic oxidation sites excluding steroid dienone is 1. The highest BCUT2D eigenvalue weighted by Crippen LogP contribution is 2.32. The molecule has 3 aromatic rings. The van der Waals surface area contributed by atoms with E-state index in [2.05, 4.69) is 28.9 Å². The number of carbonyl (C=O) groups is 1. The van der Waals surface area contributed by atoms with Crippen molar-refractivity contribution < 1.29 is 4.79 Å². The topological polar surface area (TPSA) is 42.0 Å². The molecule has 0 saturated carbocycles. The lowest BCUT2D eigenvalue weighted by Crippen LogP contribution is -2.25. The molecule has 1 aliphatic rings. The first-order valence-electron chi connectivity index (χ1n) is 9.63. The minimum Gasteiger partial charge on any atom is -0.352 e. The largest absolute Gasteiger partial charge is 0.352 e. The molecule has 3 nitrogen and oxygen atoms in total. The lowest BCUT2D eigenvalue weighted by Gasteiger charge is -2.14. The van der Waals surface area contributed by atoms with Gasteiger partial charge in [-0.2, -0.15) is 0 Å². The summed E-state index contributed by atoms with van der Waals surface area (Å²) in [5, 5.41) is 6.10. The Balaban J connectivity index is 1.60. The number of carbonyl (C=O) groups excluding carboxylic acids is 1. The smallest absolute Gasteiger partial charge is 0.252 e. The van der Waals surface area contributed by atoms with Gasteiger partial charge in [0, 0.05) is 28.1 Å². The minimum atomic E-state index is -0.00904. The Bertz CT molecular complexity index is 989. The third kappa shape index (κ3) is 3.96. The van der Waals surface area contributed by atoms with Crippen molar-refractivity contribution in [1.82, 2.24) is 10.3 Å². The Morgan fingerprint density at radius 1 is 1.22 bits per heavy atom. The van der Waals surface area contributed by atoms with Crippen LogP contribution in [0.2, 0.25) is 0 Å². The fourth-order valence-electron chi connectivity index (χ4n) is 3.76. The molecule has 1 aliphatic carbocycles. The average Bonchev–Trinajstić information content (AvgIpc) is 3.22. The van der Waals surface area contributed by atoms with Crippen LogP contribution in [0.4, 0.5) is 0 Å². The highest BCUT2D eigenvalue weighted by molar-refractivity contribution is 7.13. The molecule has 138 valence electrons. The molecular weight excluding hydrogens is 352 g/mol. The summed E-state index contributed by atoms with van der Waals surface area (Å²) >= 11 is 1.69. The zero-order valence-electron chi connectivity index (χ0n) is 15.6. The van der Waals surface area contributed by atoms with Crippen LogP contribution in [-0.2, 0) is 0 Å². The monoisotopic (exact) mass is 376 g/mol. The van der Waals surface area contributed by atoms with Gasteiger partial charge in [-0.25, -0.2) is 0 Å². The second kappa shape index (κ2) is 8.05. The fraction of sp³-hybridized carbons (Fsp3) is 0.304. The Kier molecular flexibility index (Phi) is 5.35. The molecule has 1 aromatic carbocycles. The number of para-hydroxylation sites is 1. The number of nitrogens with zero attached hydrogens (tertiary/aromatic N) is 1. The first-order chi connectivity index (χ1) is 13.2. The van der Waals surface area contributed by atoms with Crippen molar-refractivity contribution in [2.24, 2.45) is 0 Å². The quantitative estimate of drug-likeness (QED) is 0.564. The Morgan fingerprint density at radius 2 is 2.15 bits per heavy atom. The van der Waals surface area contributed by atoms with Gasteiger partial charge in [0.25, 0.3) is 5.91 Å². The van der Waals surface area contributed by atoms with Gasteiger partial charge in [0.15, 0.2) is 0 Å². The van der Waals surface area contributed by atoms with Gasteiger partial charge in [0.2, 0.25) is 0 Å². The summed E-state index contributed by atoms with van der Waals surface area (Å²) in [7, 11) is 0. The van der Waals surface area contributed by atoms with Crippen LogP contribution in [0.1, 0.15) is 48.2 Å². The second-order valence-corrected chi connectivity index (χ2v) is 8.05. The van der Waals surface area contributed by atoms with Crippen LogP contribution < -0.4 is 5.32 Å². The molecule has 2 heterocycles. The van der Waals surface area contributed by atoms with Crippen molar-refractivity contribution in [3.63, 3.8) is 0 Å². The number of nitrogens with one attached hydrogen (secondary N) is 1. The van der Waals surface area contributed by atoms with E-state index >= 15 is 0 Å². The summed E-state index contributed by atoms with van der Waals surface area (Å²) < 4.78 is 0. The molecule has 2 aromatic heterocycles. The van der Waals surface area contributed by atoms with Crippen molar-refractivity contribution in [3.05, 3.63) is 64.7 Å². The molecule has 0 spiro atoms.